The van der Waals surface area contributed by atoms with Crippen LogP contribution in [0, 0.1) is 10.1 Å². The third-order valence-electron chi connectivity index (χ3n) is 6.12. The second-order valence-corrected chi connectivity index (χ2v) is 11.7. The number of hydrogen-bond acceptors (Lipinski definition) is 8. The molecule has 0 bridgehead atoms. The van der Waals surface area contributed by atoms with Crippen molar-refractivity contribution in [2.24, 2.45) is 0 Å². The minimum absolute atomic E-state index is 0.0808. The van der Waals surface area contributed by atoms with E-state index in [-0.39, 0.29) is 29.8 Å². The predicted octanol–water partition coefficient (Wildman–Crippen LogP) is 3.98. The van der Waals surface area contributed by atoms with Crippen LogP contribution < -0.4 is 5.32 Å². The van der Waals surface area contributed by atoms with E-state index in [2.05, 4.69) is 5.32 Å². The van der Waals surface area contributed by atoms with Crippen molar-refractivity contribution in [3.8, 4) is 0 Å². The number of benzene rings is 2. The van der Waals surface area contributed by atoms with Gasteiger partial charge in [0, 0.05) is 19.1 Å². The van der Waals surface area contributed by atoms with Gasteiger partial charge in [0.1, 0.15) is 11.6 Å². The van der Waals surface area contributed by atoms with E-state index in [1.54, 1.807) is 20.8 Å². The number of non-ortho nitro benzene ring substituents is 1. The molecule has 10 nitrogen and oxygen atoms in total. The van der Waals surface area contributed by atoms with Gasteiger partial charge in [-0.1, -0.05) is 54.2 Å². The lowest BCUT2D eigenvalue weighted by Gasteiger charge is -2.31. The monoisotopic (exact) mass is 555 g/mol. The van der Waals surface area contributed by atoms with Gasteiger partial charge in [0.25, 0.3) is 5.69 Å². The van der Waals surface area contributed by atoms with Crippen LogP contribution in [0.3, 0.4) is 0 Å². The molecular weight excluding hydrogens is 522 g/mol. The molecule has 3 atom stereocenters. The van der Waals surface area contributed by atoms with Crippen LogP contribution in [0.1, 0.15) is 57.7 Å². The summed E-state index contributed by atoms with van der Waals surface area (Å²) in [6, 6.07) is 14.0. The van der Waals surface area contributed by atoms with Crippen molar-refractivity contribution < 1.29 is 28.8 Å². The summed E-state index contributed by atoms with van der Waals surface area (Å²) in [6.07, 6.45) is 1.13. The average Bonchev–Trinajstić information content (AvgIpc) is 3.32. The Labute approximate surface area is 231 Å². The van der Waals surface area contributed by atoms with Crippen LogP contribution in [-0.4, -0.2) is 56.2 Å². The fourth-order valence-corrected chi connectivity index (χ4v) is 5.35. The molecule has 1 aliphatic heterocycles. The molecular formula is C28H33N3O7S. The van der Waals surface area contributed by atoms with Crippen LogP contribution in [0.15, 0.2) is 54.6 Å². The highest BCUT2D eigenvalue weighted by Gasteiger charge is 2.43. The first-order chi connectivity index (χ1) is 18.4. The van der Waals surface area contributed by atoms with Gasteiger partial charge in [-0.2, -0.15) is 0 Å². The van der Waals surface area contributed by atoms with Crippen molar-refractivity contribution >= 4 is 40.3 Å². The van der Waals surface area contributed by atoms with E-state index in [9.17, 15) is 29.3 Å². The molecule has 0 saturated carbocycles. The molecule has 2 aromatic rings. The number of esters is 1. The Morgan fingerprint density at radius 3 is 2.28 bits per heavy atom. The Morgan fingerprint density at radius 1 is 1.08 bits per heavy atom. The molecule has 0 aliphatic carbocycles. The van der Waals surface area contributed by atoms with Gasteiger partial charge in [-0.15, -0.1) is 0 Å². The summed E-state index contributed by atoms with van der Waals surface area (Å²) in [5.41, 5.74) is 0.712. The summed E-state index contributed by atoms with van der Waals surface area (Å²) in [4.78, 5) is 63.3. The smallest absolute Gasteiger partial charge is 0.329 e. The summed E-state index contributed by atoms with van der Waals surface area (Å²) in [7, 11) is 0. The van der Waals surface area contributed by atoms with Gasteiger partial charge in [-0.25, -0.2) is 4.79 Å². The molecule has 208 valence electrons. The second-order valence-electron chi connectivity index (χ2n) is 10.3. The van der Waals surface area contributed by atoms with E-state index in [1.165, 1.54) is 36.1 Å². The summed E-state index contributed by atoms with van der Waals surface area (Å²) in [6.45, 7) is 6.26. The summed E-state index contributed by atoms with van der Waals surface area (Å²) in [5, 5.41) is 12.4. The average molecular weight is 556 g/mol. The Balaban J connectivity index is 1.75. The lowest BCUT2D eigenvalue weighted by Crippen LogP contribution is -2.49. The first kappa shape index (κ1) is 29.8. The highest BCUT2D eigenvalue weighted by atomic mass is 32.2. The summed E-state index contributed by atoms with van der Waals surface area (Å²) < 4.78 is 5.58. The van der Waals surface area contributed by atoms with Crippen molar-refractivity contribution in [1.82, 2.24) is 10.2 Å². The Hall–Kier alpha value is -3.73. The van der Waals surface area contributed by atoms with E-state index < -0.39 is 39.6 Å². The zero-order valence-corrected chi connectivity index (χ0v) is 23.2. The largest absolute Gasteiger partial charge is 0.458 e. The minimum Gasteiger partial charge on any atom is -0.458 e. The van der Waals surface area contributed by atoms with Gasteiger partial charge in [0.2, 0.25) is 11.8 Å². The van der Waals surface area contributed by atoms with Gasteiger partial charge < -0.3 is 15.0 Å². The number of nitro groups is 1. The molecule has 2 unspecified atom stereocenters. The lowest BCUT2D eigenvalue weighted by atomic mass is 10.0. The molecule has 0 aromatic heterocycles. The molecule has 0 radical (unpaired) electrons. The van der Waals surface area contributed by atoms with E-state index >= 15 is 0 Å². The number of rotatable bonds is 9. The number of nitrogens with zero attached hydrogens (tertiary/aromatic N) is 2. The SMILES string of the molecule is CC(=O)SC(Cc1ccc([N+](=O)[O-])cc1)C(=O)NCC(=O)N1C(c2ccccc2)CC[C@H]1C(=O)OC(C)(C)C. The van der Waals surface area contributed by atoms with E-state index in [0.717, 1.165) is 17.3 Å². The van der Waals surface area contributed by atoms with Crippen molar-refractivity contribution in [2.75, 3.05) is 6.54 Å². The van der Waals surface area contributed by atoms with Gasteiger partial charge in [0.05, 0.1) is 22.8 Å². The lowest BCUT2D eigenvalue weighted by molar-refractivity contribution is -0.384. The molecule has 1 heterocycles. The van der Waals surface area contributed by atoms with Gasteiger partial charge in [0.15, 0.2) is 5.12 Å². The number of amides is 2. The zero-order chi connectivity index (χ0) is 28.7. The molecule has 1 fully saturated rings. The maximum absolute atomic E-state index is 13.5. The quantitative estimate of drug-likeness (QED) is 0.279. The van der Waals surface area contributed by atoms with Crippen molar-refractivity contribution in [3.05, 3.63) is 75.8 Å². The first-order valence-electron chi connectivity index (χ1n) is 12.6. The number of ether oxygens (including phenoxy) is 1. The number of nitrogens with one attached hydrogen (secondary N) is 1. The van der Waals surface area contributed by atoms with Crippen LogP contribution in [0.25, 0.3) is 0 Å². The zero-order valence-electron chi connectivity index (χ0n) is 22.4. The van der Waals surface area contributed by atoms with Crippen LogP contribution in [0.2, 0.25) is 0 Å². The highest BCUT2D eigenvalue weighted by molar-refractivity contribution is 8.14. The summed E-state index contributed by atoms with van der Waals surface area (Å²) in [5.74, 6) is -1.46. The molecule has 2 amide bonds. The number of likely N-dealkylation sites (tertiary alicyclic amines) is 1. The minimum atomic E-state index is -0.845. The van der Waals surface area contributed by atoms with E-state index in [4.69, 9.17) is 4.74 Å². The normalized spacial score (nSPS) is 17.8. The second kappa shape index (κ2) is 12.9. The van der Waals surface area contributed by atoms with Gasteiger partial charge in [-0.05, 0) is 51.2 Å². The van der Waals surface area contributed by atoms with Crippen LogP contribution in [0.4, 0.5) is 5.69 Å². The number of hydrogen-bond donors (Lipinski definition) is 1. The fourth-order valence-electron chi connectivity index (χ4n) is 4.49. The Bertz CT molecular complexity index is 1210. The summed E-state index contributed by atoms with van der Waals surface area (Å²) >= 11 is 0.822. The molecule has 39 heavy (non-hydrogen) atoms. The maximum atomic E-state index is 13.5. The number of carbonyl (C=O) groups is 4. The fraction of sp³-hybridized carbons (Fsp3) is 0.429. The molecule has 3 rings (SSSR count). The van der Waals surface area contributed by atoms with Crippen molar-refractivity contribution in [3.63, 3.8) is 0 Å². The molecule has 0 spiro atoms. The van der Waals surface area contributed by atoms with Crippen LogP contribution in [-0.2, 0) is 30.3 Å². The first-order valence-corrected chi connectivity index (χ1v) is 13.5. The van der Waals surface area contributed by atoms with Crippen molar-refractivity contribution in [1.29, 1.82) is 0 Å². The topological polar surface area (TPSA) is 136 Å². The molecule has 1 N–H and O–H groups in total. The predicted molar refractivity (Wildman–Crippen MR) is 147 cm³/mol. The third kappa shape index (κ3) is 8.38. The van der Waals surface area contributed by atoms with Crippen LogP contribution in [0.5, 0.6) is 0 Å². The van der Waals surface area contributed by atoms with Gasteiger partial charge in [-0.3, -0.25) is 24.5 Å². The number of thioether (sulfide) groups is 1. The van der Waals surface area contributed by atoms with Gasteiger partial charge >= 0.3 is 5.97 Å². The number of carbonyl (C=O) groups excluding carboxylic acids is 4. The van der Waals surface area contributed by atoms with Crippen molar-refractivity contribution in [2.45, 2.75) is 69.9 Å². The number of nitro benzene ring substituents is 1. The van der Waals surface area contributed by atoms with Crippen LogP contribution >= 0.6 is 11.8 Å². The molecule has 11 heteroatoms. The standard InChI is InChI=1S/C28H33N3O7S/c1-18(32)39-24(16-19-10-12-21(13-11-19)31(36)37)26(34)29-17-25(33)30-22(20-8-6-5-7-9-20)14-15-23(30)27(35)38-28(2,3)4/h5-13,22-24H,14-17H2,1-4H3,(H,29,34)/t22?,23-,24?/m0/s1. The molecule has 2 aromatic carbocycles. The van der Waals surface area contributed by atoms with E-state index in [0.29, 0.717) is 18.4 Å². The molecule has 1 saturated heterocycles. The maximum Gasteiger partial charge on any atom is 0.329 e. The Morgan fingerprint density at radius 2 is 1.72 bits per heavy atom. The van der Waals surface area contributed by atoms with E-state index in [1.807, 2.05) is 30.3 Å². The highest BCUT2D eigenvalue weighted by Crippen LogP contribution is 2.37. The third-order valence-corrected chi connectivity index (χ3v) is 7.12. The molecule has 1 aliphatic rings. The Kier molecular flexibility index (Phi) is 9.85.